The normalized spacial score (nSPS) is 11.8. The van der Waals surface area contributed by atoms with Crippen molar-refractivity contribution in [3.05, 3.63) is 71.9 Å². The zero-order valence-corrected chi connectivity index (χ0v) is 14.3. The van der Waals surface area contributed by atoms with Crippen LogP contribution in [-0.2, 0) is 22.3 Å². The largest absolute Gasteiger partial charge is 0.338 e. The predicted molar refractivity (Wildman–Crippen MR) is 90.2 cm³/mol. The van der Waals surface area contributed by atoms with E-state index in [2.05, 4.69) is 10.1 Å². The Hall–Kier alpha value is -2.58. The van der Waals surface area contributed by atoms with E-state index in [1.807, 2.05) is 30.3 Å². The lowest BCUT2D eigenvalue weighted by molar-refractivity contribution is 0.336. The van der Waals surface area contributed by atoms with Crippen LogP contribution in [0, 0.1) is 5.82 Å². The number of halogens is 1. The number of hydrogen-bond donors (Lipinski definition) is 0. The maximum absolute atomic E-state index is 13.7. The highest BCUT2D eigenvalue weighted by Gasteiger charge is 2.22. The van der Waals surface area contributed by atoms with Crippen LogP contribution in [0.1, 0.15) is 11.5 Å². The van der Waals surface area contributed by atoms with Crippen molar-refractivity contribution in [3.8, 4) is 11.4 Å². The van der Waals surface area contributed by atoms with E-state index in [1.54, 1.807) is 6.07 Å². The summed E-state index contributed by atoms with van der Waals surface area (Å²) in [6, 6.07) is 15.0. The van der Waals surface area contributed by atoms with E-state index in [9.17, 15) is 12.8 Å². The molecule has 130 valence electrons. The zero-order chi connectivity index (χ0) is 17.9. The van der Waals surface area contributed by atoms with Gasteiger partial charge in [0.05, 0.1) is 12.3 Å². The first-order valence-corrected chi connectivity index (χ1v) is 9.12. The molecule has 0 bridgehead atoms. The Morgan fingerprint density at radius 1 is 1.08 bits per heavy atom. The molecule has 2 aromatic carbocycles. The first kappa shape index (κ1) is 17.2. The van der Waals surface area contributed by atoms with Gasteiger partial charge in [-0.1, -0.05) is 53.7 Å². The summed E-state index contributed by atoms with van der Waals surface area (Å²) >= 11 is 0. The van der Waals surface area contributed by atoms with Crippen molar-refractivity contribution in [2.45, 2.75) is 12.3 Å². The third-order valence-electron chi connectivity index (χ3n) is 3.63. The number of rotatable bonds is 6. The van der Waals surface area contributed by atoms with Gasteiger partial charge in [0, 0.05) is 18.2 Å². The smallest absolute Gasteiger partial charge is 0.242 e. The molecule has 3 aromatic rings. The number of benzene rings is 2. The Labute approximate surface area is 145 Å². The number of hydrogen-bond acceptors (Lipinski definition) is 5. The number of sulfonamides is 1. The van der Waals surface area contributed by atoms with Crippen LogP contribution < -0.4 is 0 Å². The minimum absolute atomic E-state index is 0.0867. The molecule has 8 heteroatoms. The summed E-state index contributed by atoms with van der Waals surface area (Å²) in [4.78, 5) is 4.20. The van der Waals surface area contributed by atoms with Crippen LogP contribution in [0.3, 0.4) is 0 Å². The van der Waals surface area contributed by atoms with Gasteiger partial charge in [0.15, 0.2) is 0 Å². The second kappa shape index (κ2) is 7.12. The molecule has 1 aromatic heterocycles. The molecule has 0 fully saturated rings. The molecule has 25 heavy (non-hydrogen) atoms. The molecule has 0 N–H and O–H groups in total. The van der Waals surface area contributed by atoms with E-state index in [-0.39, 0.29) is 18.0 Å². The van der Waals surface area contributed by atoms with Gasteiger partial charge in [0.2, 0.25) is 21.7 Å². The van der Waals surface area contributed by atoms with Crippen LogP contribution in [0.15, 0.2) is 59.1 Å². The Bertz CT molecular complexity index is 958. The van der Waals surface area contributed by atoms with E-state index in [4.69, 9.17) is 4.52 Å². The molecule has 0 radical (unpaired) electrons. The molecule has 0 aliphatic carbocycles. The zero-order valence-electron chi connectivity index (χ0n) is 13.5. The third kappa shape index (κ3) is 4.09. The van der Waals surface area contributed by atoms with Crippen molar-refractivity contribution >= 4 is 10.0 Å². The van der Waals surface area contributed by atoms with Crippen molar-refractivity contribution in [2.75, 3.05) is 7.05 Å². The minimum Gasteiger partial charge on any atom is -0.338 e. The van der Waals surface area contributed by atoms with Gasteiger partial charge in [0.25, 0.3) is 0 Å². The van der Waals surface area contributed by atoms with Gasteiger partial charge in [-0.05, 0) is 6.07 Å². The summed E-state index contributed by atoms with van der Waals surface area (Å²) in [6.45, 7) is -0.0867. The summed E-state index contributed by atoms with van der Waals surface area (Å²) in [5, 5.41) is 3.85. The fraction of sp³-hybridized carbons (Fsp3) is 0.176. The Kier molecular flexibility index (Phi) is 4.91. The Morgan fingerprint density at radius 2 is 1.76 bits per heavy atom. The summed E-state index contributed by atoms with van der Waals surface area (Å²) in [5.41, 5.74) is 0.888. The molecule has 1 heterocycles. The van der Waals surface area contributed by atoms with Crippen LogP contribution in [0.4, 0.5) is 4.39 Å². The number of aromatic nitrogens is 2. The van der Waals surface area contributed by atoms with Crippen LogP contribution in [-0.4, -0.2) is 29.9 Å². The second-order valence-corrected chi connectivity index (χ2v) is 7.56. The molecule has 0 saturated heterocycles. The van der Waals surface area contributed by atoms with Gasteiger partial charge in [-0.15, -0.1) is 0 Å². The maximum atomic E-state index is 13.7. The van der Waals surface area contributed by atoms with Crippen LogP contribution >= 0.6 is 0 Å². The average Bonchev–Trinajstić information content (AvgIpc) is 3.06. The fourth-order valence-corrected chi connectivity index (χ4v) is 3.39. The lowest BCUT2D eigenvalue weighted by Crippen LogP contribution is -2.28. The van der Waals surface area contributed by atoms with Gasteiger partial charge >= 0.3 is 0 Å². The predicted octanol–water partition coefficient (Wildman–Crippen LogP) is 2.84. The van der Waals surface area contributed by atoms with Crippen molar-refractivity contribution in [1.29, 1.82) is 0 Å². The Balaban J connectivity index is 1.72. The van der Waals surface area contributed by atoms with Gasteiger partial charge < -0.3 is 4.52 Å². The van der Waals surface area contributed by atoms with Gasteiger partial charge in [0.1, 0.15) is 5.82 Å². The summed E-state index contributed by atoms with van der Waals surface area (Å²) in [6.07, 6.45) is 0. The first-order valence-electron chi connectivity index (χ1n) is 7.51. The van der Waals surface area contributed by atoms with Gasteiger partial charge in [-0.25, -0.2) is 12.8 Å². The lowest BCUT2D eigenvalue weighted by atomic mass is 10.2. The lowest BCUT2D eigenvalue weighted by Gasteiger charge is -2.15. The minimum atomic E-state index is -3.72. The molecule has 0 saturated carbocycles. The molecule has 3 rings (SSSR count). The van der Waals surface area contributed by atoms with Crippen LogP contribution in [0.25, 0.3) is 11.4 Å². The van der Waals surface area contributed by atoms with Crippen molar-refractivity contribution < 1.29 is 17.3 Å². The van der Waals surface area contributed by atoms with Gasteiger partial charge in [-0.3, -0.25) is 0 Å². The van der Waals surface area contributed by atoms with E-state index >= 15 is 0 Å². The van der Waals surface area contributed by atoms with Crippen LogP contribution in [0.5, 0.6) is 0 Å². The second-order valence-electron chi connectivity index (χ2n) is 5.48. The van der Waals surface area contributed by atoms with Crippen molar-refractivity contribution in [2.24, 2.45) is 0 Å². The monoisotopic (exact) mass is 361 g/mol. The Morgan fingerprint density at radius 3 is 2.48 bits per heavy atom. The van der Waals surface area contributed by atoms with Crippen LogP contribution in [0.2, 0.25) is 0 Å². The standard InChI is InChI=1S/C17H16FN3O3S/c1-21(25(22,23)12-14-9-5-6-10-15(14)18)11-16-19-17(20-24-16)13-7-3-2-4-8-13/h2-10H,11-12H2,1H3. The highest BCUT2D eigenvalue weighted by atomic mass is 32.2. The van der Waals surface area contributed by atoms with Crippen molar-refractivity contribution in [3.63, 3.8) is 0 Å². The van der Waals surface area contributed by atoms with E-state index in [0.717, 1.165) is 9.87 Å². The topological polar surface area (TPSA) is 76.3 Å². The summed E-state index contributed by atoms with van der Waals surface area (Å²) in [7, 11) is -2.33. The summed E-state index contributed by atoms with van der Waals surface area (Å²) in [5.74, 6) is -0.437. The molecule has 0 aliphatic heterocycles. The molecular formula is C17H16FN3O3S. The van der Waals surface area contributed by atoms with E-state index in [0.29, 0.717) is 5.82 Å². The first-order chi connectivity index (χ1) is 12.0. The number of nitrogens with zero attached hydrogens (tertiary/aromatic N) is 3. The molecule has 0 atom stereocenters. The molecule has 0 aliphatic rings. The molecule has 0 unspecified atom stereocenters. The SMILES string of the molecule is CN(Cc1nc(-c2ccccc2)no1)S(=O)(=O)Cc1ccccc1F. The quantitative estimate of drug-likeness (QED) is 0.675. The summed E-state index contributed by atoms with van der Waals surface area (Å²) < 4.78 is 44.7. The molecule has 0 spiro atoms. The maximum Gasteiger partial charge on any atom is 0.242 e. The van der Waals surface area contributed by atoms with E-state index in [1.165, 1.54) is 25.2 Å². The average molecular weight is 361 g/mol. The third-order valence-corrected chi connectivity index (χ3v) is 5.38. The van der Waals surface area contributed by atoms with E-state index < -0.39 is 21.6 Å². The highest BCUT2D eigenvalue weighted by molar-refractivity contribution is 7.88. The highest BCUT2D eigenvalue weighted by Crippen LogP contribution is 2.18. The van der Waals surface area contributed by atoms with Gasteiger partial charge in [-0.2, -0.15) is 9.29 Å². The van der Waals surface area contributed by atoms with Crippen molar-refractivity contribution in [1.82, 2.24) is 14.4 Å². The fourth-order valence-electron chi connectivity index (χ4n) is 2.23. The molecule has 6 nitrogen and oxygen atoms in total. The molecule has 0 amide bonds. The molecular weight excluding hydrogens is 345 g/mol.